The first-order chi connectivity index (χ1) is 10.6. The molecule has 0 saturated heterocycles. The van der Waals surface area contributed by atoms with Gasteiger partial charge < -0.3 is 5.32 Å². The van der Waals surface area contributed by atoms with Gasteiger partial charge in [0.1, 0.15) is 6.33 Å². The fourth-order valence-corrected chi connectivity index (χ4v) is 3.58. The summed E-state index contributed by atoms with van der Waals surface area (Å²) in [5.41, 5.74) is 3.05. The van der Waals surface area contributed by atoms with Crippen LogP contribution >= 0.6 is 0 Å². The van der Waals surface area contributed by atoms with Gasteiger partial charge in [-0.3, -0.25) is 4.90 Å². The Labute approximate surface area is 131 Å². The summed E-state index contributed by atoms with van der Waals surface area (Å²) in [6, 6.07) is 2.06. The third-order valence-electron chi connectivity index (χ3n) is 5.07. The van der Waals surface area contributed by atoms with Crippen LogP contribution in [0.15, 0.2) is 12.4 Å². The molecule has 0 atom stereocenters. The van der Waals surface area contributed by atoms with E-state index in [0.29, 0.717) is 0 Å². The molecule has 2 aromatic heterocycles. The van der Waals surface area contributed by atoms with Crippen LogP contribution in [0, 0.1) is 6.92 Å². The SMILES string of the molecule is CCN(C)C1(CNc2cc(C)nn3cnnc23)CCCCC1. The number of fused-ring (bicyclic) bond motifs is 1. The van der Waals surface area contributed by atoms with E-state index in [0.717, 1.165) is 30.1 Å². The molecule has 0 aromatic carbocycles. The quantitative estimate of drug-likeness (QED) is 0.919. The number of nitrogens with one attached hydrogen (secondary N) is 1. The highest BCUT2D eigenvalue weighted by atomic mass is 15.3. The van der Waals surface area contributed by atoms with Gasteiger partial charge in [0, 0.05) is 12.1 Å². The van der Waals surface area contributed by atoms with Crippen LogP contribution in [-0.4, -0.2) is 50.4 Å². The Balaban J connectivity index is 1.83. The first-order valence-corrected chi connectivity index (χ1v) is 8.27. The highest BCUT2D eigenvalue weighted by molar-refractivity contribution is 5.66. The van der Waals surface area contributed by atoms with Crippen molar-refractivity contribution in [3.05, 3.63) is 18.1 Å². The molecule has 6 nitrogen and oxygen atoms in total. The smallest absolute Gasteiger partial charge is 0.200 e. The maximum absolute atomic E-state index is 4.40. The molecule has 0 amide bonds. The molecule has 2 heterocycles. The third kappa shape index (κ3) is 2.79. The molecular weight excluding hydrogens is 276 g/mol. The first kappa shape index (κ1) is 15.2. The lowest BCUT2D eigenvalue weighted by molar-refractivity contribution is 0.0923. The Morgan fingerprint density at radius 3 is 2.82 bits per heavy atom. The highest BCUT2D eigenvalue weighted by Crippen LogP contribution is 2.33. The Morgan fingerprint density at radius 1 is 1.32 bits per heavy atom. The molecule has 0 aliphatic heterocycles. The van der Waals surface area contributed by atoms with Gasteiger partial charge in [0.05, 0.1) is 11.4 Å². The van der Waals surface area contributed by atoms with E-state index in [1.165, 1.54) is 32.1 Å². The molecular formula is C16H26N6. The van der Waals surface area contributed by atoms with E-state index in [9.17, 15) is 0 Å². The Bertz CT molecular complexity index is 629. The van der Waals surface area contributed by atoms with Crippen molar-refractivity contribution in [1.82, 2.24) is 24.7 Å². The average Bonchev–Trinajstić information content (AvgIpc) is 3.01. The van der Waals surface area contributed by atoms with E-state index in [2.05, 4.69) is 45.6 Å². The third-order valence-corrected chi connectivity index (χ3v) is 5.07. The fraction of sp³-hybridized carbons (Fsp3) is 0.688. The Morgan fingerprint density at radius 2 is 2.09 bits per heavy atom. The van der Waals surface area contributed by atoms with E-state index < -0.39 is 0 Å². The van der Waals surface area contributed by atoms with E-state index >= 15 is 0 Å². The van der Waals surface area contributed by atoms with E-state index in [-0.39, 0.29) is 5.54 Å². The molecule has 1 aliphatic carbocycles. The number of hydrogen-bond donors (Lipinski definition) is 1. The van der Waals surface area contributed by atoms with Crippen LogP contribution in [0.2, 0.25) is 0 Å². The fourth-order valence-electron chi connectivity index (χ4n) is 3.58. The summed E-state index contributed by atoms with van der Waals surface area (Å²) in [4.78, 5) is 2.51. The lowest BCUT2D eigenvalue weighted by atomic mass is 9.80. The van der Waals surface area contributed by atoms with Crippen LogP contribution < -0.4 is 5.32 Å². The normalized spacial score (nSPS) is 18.0. The zero-order valence-electron chi connectivity index (χ0n) is 13.8. The zero-order valence-corrected chi connectivity index (χ0v) is 13.8. The van der Waals surface area contributed by atoms with Gasteiger partial charge in [-0.05, 0) is 39.4 Å². The van der Waals surface area contributed by atoms with Crippen LogP contribution in [0.1, 0.15) is 44.7 Å². The molecule has 0 unspecified atom stereocenters. The predicted molar refractivity (Wildman–Crippen MR) is 88.1 cm³/mol. The number of likely N-dealkylation sites (N-methyl/N-ethyl adjacent to an activating group) is 1. The molecule has 120 valence electrons. The second kappa shape index (κ2) is 6.20. The van der Waals surface area contributed by atoms with Gasteiger partial charge in [-0.2, -0.15) is 9.61 Å². The zero-order chi connectivity index (χ0) is 15.6. The molecule has 0 bridgehead atoms. The van der Waals surface area contributed by atoms with Crippen molar-refractivity contribution in [3.63, 3.8) is 0 Å². The van der Waals surface area contributed by atoms with E-state index in [1.54, 1.807) is 10.8 Å². The summed E-state index contributed by atoms with van der Waals surface area (Å²) in [7, 11) is 2.25. The first-order valence-electron chi connectivity index (χ1n) is 8.27. The van der Waals surface area contributed by atoms with Crippen molar-refractivity contribution < 1.29 is 0 Å². The van der Waals surface area contributed by atoms with Gasteiger partial charge in [-0.25, -0.2) is 0 Å². The molecule has 22 heavy (non-hydrogen) atoms. The largest absolute Gasteiger partial charge is 0.380 e. The second-order valence-electron chi connectivity index (χ2n) is 6.45. The number of nitrogens with zero attached hydrogens (tertiary/aromatic N) is 5. The molecule has 1 N–H and O–H groups in total. The van der Waals surface area contributed by atoms with Crippen LogP contribution in [0.4, 0.5) is 5.69 Å². The molecule has 2 aromatic rings. The molecule has 6 heteroatoms. The standard InChI is InChI=1S/C16H26N6/c1-4-21(3)16(8-6-5-7-9-16)11-17-14-10-13(2)20-22-12-18-19-15(14)22/h10,12,17H,4-9,11H2,1-3H3. The van der Waals surface area contributed by atoms with Crippen molar-refractivity contribution in [1.29, 1.82) is 0 Å². The predicted octanol–water partition coefficient (Wildman–Crippen LogP) is 2.50. The van der Waals surface area contributed by atoms with E-state index in [4.69, 9.17) is 0 Å². The molecule has 3 rings (SSSR count). The summed E-state index contributed by atoms with van der Waals surface area (Å²) >= 11 is 0. The van der Waals surface area contributed by atoms with Gasteiger partial charge in [0.25, 0.3) is 0 Å². The van der Waals surface area contributed by atoms with Crippen molar-refractivity contribution >= 4 is 11.3 Å². The van der Waals surface area contributed by atoms with Crippen molar-refractivity contribution in [3.8, 4) is 0 Å². The Kier molecular flexibility index (Phi) is 4.29. The monoisotopic (exact) mass is 302 g/mol. The summed E-state index contributed by atoms with van der Waals surface area (Å²) < 4.78 is 1.74. The van der Waals surface area contributed by atoms with Gasteiger partial charge in [-0.1, -0.05) is 26.2 Å². The lowest BCUT2D eigenvalue weighted by Gasteiger charge is -2.44. The summed E-state index contributed by atoms with van der Waals surface area (Å²) in [5, 5.41) is 16.2. The van der Waals surface area contributed by atoms with Gasteiger partial charge in [0.15, 0.2) is 0 Å². The van der Waals surface area contributed by atoms with Crippen molar-refractivity contribution in [2.24, 2.45) is 0 Å². The minimum absolute atomic E-state index is 0.251. The van der Waals surface area contributed by atoms with Crippen LogP contribution in [0.25, 0.3) is 5.65 Å². The van der Waals surface area contributed by atoms with Gasteiger partial charge in [-0.15, -0.1) is 10.2 Å². The number of aromatic nitrogens is 4. The van der Waals surface area contributed by atoms with E-state index in [1.807, 2.05) is 6.92 Å². The maximum atomic E-state index is 4.40. The topological polar surface area (TPSA) is 58.4 Å². The molecule has 0 spiro atoms. The number of anilines is 1. The maximum Gasteiger partial charge on any atom is 0.200 e. The number of hydrogen-bond acceptors (Lipinski definition) is 5. The number of aryl methyl sites for hydroxylation is 1. The summed E-state index contributed by atoms with van der Waals surface area (Å²) in [6.45, 7) is 6.27. The average molecular weight is 302 g/mol. The molecule has 1 fully saturated rings. The van der Waals surface area contributed by atoms with Gasteiger partial charge >= 0.3 is 0 Å². The minimum Gasteiger partial charge on any atom is -0.380 e. The lowest BCUT2D eigenvalue weighted by Crippen LogP contribution is -2.52. The summed E-state index contributed by atoms with van der Waals surface area (Å²) in [6.07, 6.45) is 8.18. The van der Waals surface area contributed by atoms with Crippen LogP contribution in [0.3, 0.4) is 0 Å². The van der Waals surface area contributed by atoms with Crippen molar-refractivity contribution in [2.45, 2.75) is 51.5 Å². The van der Waals surface area contributed by atoms with Crippen LogP contribution in [0.5, 0.6) is 0 Å². The van der Waals surface area contributed by atoms with Gasteiger partial charge in [0.2, 0.25) is 5.65 Å². The molecule has 1 aliphatic rings. The highest BCUT2D eigenvalue weighted by Gasteiger charge is 2.35. The summed E-state index contributed by atoms with van der Waals surface area (Å²) in [5.74, 6) is 0. The molecule has 0 radical (unpaired) electrons. The van der Waals surface area contributed by atoms with Crippen LogP contribution in [-0.2, 0) is 0 Å². The molecule has 1 saturated carbocycles. The minimum atomic E-state index is 0.251. The Hall–Kier alpha value is -1.69. The number of rotatable bonds is 5. The van der Waals surface area contributed by atoms with Crippen molar-refractivity contribution in [2.75, 3.05) is 25.5 Å². The second-order valence-corrected chi connectivity index (χ2v) is 6.45.